The molecule has 0 aliphatic heterocycles. The van der Waals surface area contributed by atoms with E-state index in [2.05, 4.69) is 0 Å². The molecule has 4 nitrogen and oxygen atoms in total. The zero-order valence-corrected chi connectivity index (χ0v) is 21.1. The highest BCUT2D eigenvalue weighted by atomic mass is 35.5. The van der Waals surface area contributed by atoms with Crippen molar-refractivity contribution in [3.63, 3.8) is 0 Å². The summed E-state index contributed by atoms with van der Waals surface area (Å²) in [6.45, 7) is 0. The van der Waals surface area contributed by atoms with Crippen LogP contribution in [0.25, 0.3) is 0 Å². The number of carbonyl (C=O) groups is 2. The average Bonchev–Trinajstić information content (AvgIpc) is 2.85. The SMILES string of the molecule is O=C(CC1(Cl)C=CC=CC1S(=O)(=O)C1C=CC=CC1(Cl)CC(=O)c1ccccc1)c1ccccc1. The first-order chi connectivity index (χ1) is 16.7. The van der Waals surface area contributed by atoms with Crippen molar-refractivity contribution in [3.05, 3.63) is 120 Å². The highest BCUT2D eigenvalue weighted by molar-refractivity contribution is 7.93. The number of benzene rings is 2. The van der Waals surface area contributed by atoms with E-state index in [1.807, 2.05) is 0 Å². The maximum Gasteiger partial charge on any atom is 0.167 e. The van der Waals surface area contributed by atoms with Crippen LogP contribution < -0.4 is 0 Å². The summed E-state index contributed by atoms with van der Waals surface area (Å²) in [7, 11) is -4.10. The van der Waals surface area contributed by atoms with Crippen molar-refractivity contribution in [1.29, 1.82) is 0 Å². The molecule has 35 heavy (non-hydrogen) atoms. The van der Waals surface area contributed by atoms with E-state index in [0.29, 0.717) is 11.1 Å². The van der Waals surface area contributed by atoms with Gasteiger partial charge in [0.05, 0.1) is 9.75 Å². The second-order valence-corrected chi connectivity index (χ2v) is 12.3. The predicted molar refractivity (Wildman–Crippen MR) is 141 cm³/mol. The summed E-state index contributed by atoms with van der Waals surface area (Å²) in [6, 6.07) is 17.2. The molecule has 4 rings (SSSR count). The van der Waals surface area contributed by atoms with E-state index in [9.17, 15) is 18.0 Å². The zero-order valence-electron chi connectivity index (χ0n) is 18.8. The molecule has 7 heteroatoms. The number of rotatable bonds is 8. The maximum absolute atomic E-state index is 14.0. The molecule has 2 aliphatic carbocycles. The number of sulfone groups is 1. The number of alkyl halides is 2. The Morgan fingerprint density at radius 1 is 0.657 bits per heavy atom. The van der Waals surface area contributed by atoms with E-state index in [1.165, 1.54) is 12.2 Å². The Labute approximate surface area is 215 Å². The van der Waals surface area contributed by atoms with Gasteiger partial charge in [-0.1, -0.05) is 109 Å². The molecule has 2 aromatic carbocycles. The quantitative estimate of drug-likeness (QED) is 0.317. The summed E-state index contributed by atoms with van der Waals surface area (Å²) >= 11 is 13.8. The summed E-state index contributed by atoms with van der Waals surface area (Å²) in [5, 5.41) is -2.44. The van der Waals surface area contributed by atoms with E-state index in [4.69, 9.17) is 23.2 Å². The second kappa shape index (κ2) is 10.1. The van der Waals surface area contributed by atoms with Gasteiger partial charge in [0, 0.05) is 24.0 Å². The minimum Gasteiger partial charge on any atom is -0.294 e. The van der Waals surface area contributed by atoms with Gasteiger partial charge in [0.15, 0.2) is 21.4 Å². The largest absolute Gasteiger partial charge is 0.294 e. The molecule has 0 radical (unpaired) electrons. The Morgan fingerprint density at radius 2 is 1.03 bits per heavy atom. The molecule has 0 aromatic heterocycles. The molecule has 2 aliphatic rings. The average molecular weight is 527 g/mol. The molecule has 0 fully saturated rings. The Bertz CT molecular complexity index is 1230. The van der Waals surface area contributed by atoms with Crippen LogP contribution in [0.4, 0.5) is 0 Å². The standard InChI is InChI=1S/C28H24Cl2O4S/c29-27(19-23(31)21-11-3-1-4-12-21)17-9-7-15-25(27)35(33,34)26-16-8-10-18-28(26,30)20-24(32)22-13-5-2-6-14-22/h1-18,25-26H,19-20H2. The summed E-state index contributed by atoms with van der Waals surface area (Å²) in [5.74, 6) is -0.535. The smallest absolute Gasteiger partial charge is 0.167 e. The van der Waals surface area contributed by atoms with Crippen LogP contribution in [0.2, 0.25) is 0 Å². The van der Waals surface area contributed by atoms with Crippen molar-refractivity contribution in [1.82, 2.24) is 0 Å². The summed E-state index contributed by atoms with van der Waals surface area (Å²) < 4.78 is 28.1. The van der Waals surface area contributed by atoms with Crippen LogP contribution in [0.3, 0.4) is 0 Å². The predicted octanol–water partition coefficient (Wildman–Crippen LogP) is 5.89. The second-order valence-electron chi connectivity index (χ2n) is 8.70. The summed E-state index contributed by atoms with van der Waals surface area (Å²) in [6.07, 6.45) is 12.1. The molecule has 0 N–H and O–H groups in total. The Morgan fingerprint density at radius 3 is 1.40 bits per heavy atom. The molecule has 4 atom stereocenters. The van der Waals surface area contributed by atoms with E-state index in [1.54, 1.807) is 97.1 Å². The van der Waals surface area contributed by atoms with Crippen LogP contribution in [0.15, 0.2) is 109 Å². The first-order valence-electron chi connectivity index (χ1n) is 11.1. The van der Waals surface area contributed by atoms with Crippen molar-refractivity contribution in [2.24, 2.45) is 0 Å². The van der Waals surface area contributed by atoms with Crippen molar-refractivity contribution in [2.75, 3.05) is 0 Å². The van der Waals surface area contributed by atoms with Crippen LogP contribution >= 0.6 is 23.2 Å². The van der Waals surface area contributed by atoms with Gasteiger partial charge in [0.1, 0.15) is 10.5 Å². The Balaban J connectivity index is 1.65. The third kappa shape index (κ3) is 5.27. The number of carbonyl (C=O) groups excluding carboxylic acids is 2. The first-order valence-corrected chi connectivity index (χ1v) is 13.5. The minimum absolute atomic E-state index is 0.214. The number of ketones is 2. The van der Waals surface area contributed by atoms with Gasteiger partial charge in [-0.2, -0.15) is 0 Å². The number of allylic oxidation sites excluding steroid dienone is 6. The highest BCUT2D eigenvalue weighted by Crippen LogP contribution is 2.43. The number of hydrogen-bond donors (Lipinski definition) is 0. The molecular formula is C28H24Cl2O4S. The van der Waals surface area contributed by atoms with Gasteiger partial charge in [-0.05, 0) is 0 Å². The lowest BCUT2D eigenvalue weighted by molar-refractivity contribution is 0.0967. The van der Waals surface area contributed by atoms with Gasteiger partial charge in [-0.25, -0.2) is 8.42 Å². The fraction of sp³-hybridized carbons (Fsp3) is 0.214. The minimum atomic E-state index is -4.10. The van der Waals surface area contributed by atoms with E-state index in [-0.39, 0.29) is 24.4 Å². The highest BCUT2D eigenvalue weighted by Gasteiger charge is 2.52. The monoisotopic (exact) mass is 526 g/mol. The Hall–Kier alpha value is -2.73. The third-order valence-electron chi connectivity index (χ3n) is 6.25. The molecule has 2 aromatic rings. The summed E-state index contributed by atoms with van der Waals surface area (Å²) in [4.78, 5) is 22.9. The van der Waals surface area contributed by atoms with Crippen LogP contribution in [0.5, 0.6) is 0 Å². The zero-order chi connectivity index (χ0) is 25.1. The fourth-order valence-electron chi connectivity index (χ4n) is 4.46. The number of Topliss-reactive ketones (excluding diaryl/α,β-unsaturated/α-hetero) is 2. The van der Waals surface area contributed by atoms with Gasteiger partial charge in [-0.15, -0.1) is 23.2 Å². The third-order valence-corrected chi connectivity index (χ3v) is 10.1. The van der Waals surface area contributed by atoms with E-state index in [0.717, 1.165) is 0 Å². The van der Waals surface area contributed by atoms with Gasteiger partial charge in [-0.3, -0.25) is 9.59 Å². The van der Waals surface area contributed by atoms with E-state index < -0.39 is 30.1 Å². The molecule has 0 heterocycles. The lowest BCUT2D eigenvalue weighted by Gasteiger charge is -2.38. The summed E-state index contributed by atoms with van der Waals surface area (Å²) in [5.41, 5.74) is 0.902. The normalized spacial score (nSPS) is 27.6. The van der Waals surface area contributed by atoms with E-state index >= 15 is 0 Å². The van der Waals surface area contributed by atoms with Crippen molar-refractivity contribution >= 4 is 44.6 Å². The first kappa shape index (κ1) is 25.4. The number of hydrogen-bond acceptors (Lipinski definition) is 4. The van der Waals surface area contributed by atoms with Gasteiger partial charge in [0.2, 0.25) is 0 Å². The number of halogens is 2. The molecule has 0 saturated carbocycles. The van der Waals surface area contributed by atoms with Crippen molar-refractivity contribution in [2.45, 2.75) is 33.1 Å². The van der Waals surface area contributed by atoms with Crippen molar-refractivity contribution < 1.29 is 18.0 Å². The van der Waals surface area contributed by atoms with Crippen LogP contribution in [-0.4, -0.2) is 40.2 Å². The van der Waals surface area contributed by atoms with Crippen LogP contribution in [0, 0.1) is 0 Å². The molecule has 4 unspecified atom stereocenters. The molecule has 0 amide bonds. The van der Waals surface area contributed by atoms with Crippen molar-refractivity contribution in [3.8, 4) is 0 Å². The molecule has 0 saturated heterocycles. The molecule has 180 valence electrons. The lowest BCUT2D eigenvalue weighted by atomic mass is 9.90. The lowest BCUT2D eigenvalue weighted by Crippen LogP contribution is -2.52. The molecular weight excluding hydrogens is 503 g/mol. The van der Waals surface area contributed by atoms with Gasteiger partial charge in [0.25, 0.3) is 0 Å². The van der Waals surface area contributed by atoms with Crippen LogP contribution in [-0.2, 0) is 9.84 Å². The molecule has 0 spiro atoms. The molecule has 0 bridgehead atoms. The van der Waals surface area contributed by atoms with Crippen LogP contribution in [0.1, 0.15) is 33.6 Å². The maximum atomic E-state index is 14.0. The van der Waals surface area contributed by atoms with Gasteiger partial charge < -0.3 is 0 Å². The topological polar surface area (TPSA) is 68.3 Å². The Kier molecular flexibility index (Phi) is 7.32. The fourth-order valence-corrected chi connectivity index (χ4v) is 8.09. The van der Waals surface area contributed by atoms with Gasteiger partial charge >= 0.3 is 0 Å².